The van der Waals surface area contributed by atoms with Gasteiger partial charge in [-0.3, -0.25) is 14.3 Å². The van der Waals surface area contributed by atoms with Gasteiger partial charge in [-0.1, -0.05) is 12.1 Å². The number of ether oxygens (including phenoxy) is 1. The van der Waals surface area contributed by atoms with Crippen LogP contribution in [-0.2, 0) is 21.8 Å². The third kappa shape index (κ3) is 4.52. The lowest BCUT2D eigenvalue weighted by molar-refractivity contribution is 0.0389. The Morgan fingerprint density at radius 1 is 1.18 bits per heavy atom. The minimum Gasteiger partial charge on any atom is -0.370 e. The largest absolute Gasteiger partial charge is 0.370 e. The second-order valence-corrected chi connectivity index (χ2v) is 10.0. The molecule has 9 nitrogen and oxygen atoms in total. The van der Waals surface area contributed by atoms with Crippen molar-refractivity contribution < 1.29 is 17.5 Å². The lowest BCUT2D eigenvalue weighted by atomic mass is 10.1. The average Bonchev–Trinajstić information content (AvgIpc) is 2.81. The van der Waals surface area contributed by atoms with Crippen LogP contribution in [0.15, 0.2) is 58.5 Å². The van der Waals surface area contributed by atoms with Crippen molar-refractivity contribution >= 4 is 16.0 Å². The van der Waals surface area contributed by atoms with Crippen LogP contribution in [0, 0.1) is 5.82 Å². The van der Waals surface area contributed by atoms with E-state index in [9.17, 15) is 17.6 Å². The zero-order valence-corrected chi connectivity index (χ0v) is 19.3. The Morgan fingerprint density at radius 3 is 2.58 bits per heavy atom. The molecule has 2 aromatic heterocycles. The van der Waals surface area contributed by atoms with Crippen molar-refractivity contribution in [3.05, 3.63) is 70.5 Å². The summed E-state index contributed by atoms with van der Waals surface area (Å²) in [6.07, 6.45) is 2.18. The first kappa shape index (κ1) is 23.0. The Morgan fingerprint density at radius 2 is 1.91 bits per heavy atom. The fourth-order valence-corrected chi connectivity index (χ4v) is 4.53. The number of aromatic nitrogens is 3. The quantitative estimate of drug-likeness (QED) is 0.557. The number of morpholine rings is 1. The minimum absolute atomic E-state index is 0.194. The first-order valence-electron chi connectivity index (χ1n) is 10.3. The molecule has 0 N–H and O–H groups in total. The van der Waals surface area contributed by atoms with Gasteiger partial charge in [-0.2, -0.15) is 0 Å². The predicted octanol–water partition coefficient (Wildman–Crippen LogP) is 1.81. The summed E-state index contributed by atoms with van der Waals surface area (Å²) in [4.78, 5) is 23.0. The maximum atomic E-state index is 14.2. The Balaban J connectivity index is 1.63. The van der Waals surface area contributed by atoms with Gasteiger partial charge >= 0.3 is 0 Å². The summed E-state index contributed by atoms with van der Waals surface area (Å²) in [6, 6.07) is 9.32. The summed E-state index contributed by atoms with van der Waals surface area (Å²) in [5.74, 6) is -0.161. The number of sulfonamides is 1. The number of halogens is 1. The molecule has 1 aliphatic heterocycles. The molecule has 1 atom stereocenters. The van der Waals surface area contributed by atoms with E-state index in [-0.39, 0.29) is 27.8 Å². The third-order valence-corrected chi connectivity index (χ3v) is 7.37. The highest BCUT2D eigenvalue weighted by molar-refractivity contribution is 7.89. The first-order valence-corrected chi connectivity index (χ1v) is 11.7. The summed E-state index contributed by atoms with van der Waals surface area (Å²) in [6.45, 7) is 1.26. The van der Waals surface area contributed by atoms with Crippen molar-refractivity contribution in [1.82, 2.24) is 18.8 Å². The van der Waals surface area contributed by atoms with Crippen LogP contribution in [0.4, 0.5) is 10.3 Å². The number of pyridine rings is 1. The molecule has 1 saturated heterocycles. The van der Waals surface area contributed by atoms with Gasteiger partial charge in [-0.05, 0) is 23.8 Å². The van der Waals surface area contributed by atoms with Crippen molar-refractivity contribution in [2.75, 3.05) is 38.7 Å². The van der Waals surface area contributed by atoms with E-state index in [1.54, 1.807) is 31.3 Å². The van der Waals surface area contributed by atoms with Crippen LogP contribution in [0.3, 0.4) is 0 Å². The van der Waals surface area contributed by atoms with Crippen LogP contribution in [0.5, 0.6) is 0 Å². The van der Waals surface area contributed by atoms with E-state index in [1.165, 1.54) is 37.0 Å². The van der Waals surface area contributed by atoms with Gasteiger partial charge in [0.05, 0.1) is 29.9 Å². The minimum atomic E-state index is -3.52. The second kappa shape index (κ2) is 9.00. The van der Waals surface area contributed by atoms with Gasteiger partial charge in [0, 0.05) is 45.5 Å². The van der Waals surface area contributed by atoms with Crippen molar-refractivity contribution in [1.29, 1.82) is 0 Å². The number of nitrogens with zero attached hydrogens (tertiary/aromatic N) is 5. The van der Waals surface area contributed by atoms with Crippen molar-refractivity contribution in [3.63, 3.8) is 0 Å². The second-order valence-electron chi connectivity index (χ2n) is 7.86. The molecule has 0 aliphatic carbocycles. The molecule has 4 rings (SSSR count). The highest BCUT2D eigenvalue weighted by atomic mass is 32.2. The number of hydrogen-bond donors (Lipinski definition) is 0. The average molecular weight is 474 g/mol. The Bertz CT molecular complexity index is 1330. The maximum Gasteiger partial charge on any atom is 0.255 e. The van der Waals surface area contributed by atoms with Gasteiger partial charge in [0.25, 0.3) is 5.56 Å². The molecule has 0 saturated carbocycles. The third-order valence-electron chi connectivity index (χ3n) is 5.54. The van der Waals surface area contributed by atoms with Crippen LogP contribution in [0.25, 0.3) is 11.3 Å². The summed E-state index contributed by atoms with van der Waals surface area (Å²) >= 11 is 0. The molecule has 0 radical (unpaired) electrons. The van der Waals surface area contributed by atoms with E-state index < -0.39 is 15.8 Å². The van der Waals surface area contributed by atoms with E-state index in [0.29, 0.717) is 25.6 Å². The lowest BCUT2D eigenvalue weighted by Crippen LogP contribution is -2.41. The maximum absolute atomic E-state index is 14.2. The number of anilines is 1. The standard InChI is InChI=1S/C22H24FN5O4S/c1-26(2)33(30,31)16-6-4-15(5-7-16)20-14-28(10-11-32-20)22-25-19(12-21(29)27(22)3)17-8-9-24-13-18(17)23/h4-9,12-13,20H,10-11,14H2,1-3H3/t20-/m1/s1. The molecular formula is C22H24FN5O4S. The zero-order valence-electron chi connectivity index (χ0n) is 18.5. The number of rotatable bonds is 5. The molecule has 0 bridgehead atoms. The van der Waals surface area contributed by atoms with Crippen molar-refractivity contribution in [2.24, 2.45) is 7.05 Å². The number of benzene rings is 1. The molecule has 1 fully saturated rings. The van der Waals surface area contributed by atoms with E-state index in [0.717, 1.165) is 16.1 Å². The van der Waals surface area contributed by atoms with Crippen molar-refractivity contribution in [2.45, 2.75) is 11.0 Å². The van der Waals surface area contributed by atoms with Gasteiger partial charge in [0.1, 0.15) is 6.10 Å². The summed E-state index contributed by atoms with van der Waals surface area (Å²) in [5, 5.41) is 0. The molecule has 3 aromatic rings. The molecule has 0 amide bonds. The van der Waals surface area contributed by atoms with Gasteiger partial charge in [-0.25, -0.2) is 22.1 Å². The Hall–Kier alpha value is -3.15. The Kier molecular flexibility index (Phi) is 6.28. The highest BCUT2D eigenvalue weighted by Crippen LogP contribution is 2.27. The topological polar surface area (TPSA) is 97.6 Å². The summed E-state index contributed by atoms with van der Waals surface area (Å²) in [7, 11) is 1.05. The zero-order chi connectivity index (χ0) is 23.8. The molecule has 33 heavy (non-hydrogen) atoms. The smallest absolute Gasteiger partial charge is 0.255 e. The predicted molar refractivity (Wildman–Crippen MR) is 121 cm³/mol. The lowest BCUT2D eigenvalue weighted by Gasteiger charge is -2.34. The molecular weight excluding hydrogens is 449 g/mol. The highest BCUT2D eigenvalue weighted by Gasteiger charge is 2.26. The fourth-order valence-electron chi connectivity index (χ4n) is 3.63. The molecule has 11 heteroatoms. The van der Waals surface area contributed by atoms with Crippen LogP contribution >= 0.6 is 0 Å². The van der Waals surface area contributed by atoms with E-state index in [2.05, 4.69) is 9.97 Å². The SMILES string of the molecule is CN(C)S(=O)(=O)c1ccc([C@H]2CN(c3nc(-c4ccncc4F)cc(=O)n3C)CCO2)cc1. The first-order chi connectivity index (χ1) is 15.7. The van der Waals surface area contributed by atoms with Gasteiger partial charge in [-0.15, -0.1) is 0 Å². The molecule has 174 valence electrons. The van der Waals surface area contributed by atoms with Gasteiger partial charge in [0.15, 0.2) is 5.82 Å². The molecule has 0 spiro atoms. The van der Waals surface area contributed by atoms with E-state index in [4.69, 9.17) is 4.74 Å². The van der Waals surface area contributed by atoms with Gasteiger partial charge < -0.3 is 9.64 Å². The molecule has 1 aliphatic rings. The van der Waals surface area contributed by atoms with Crippen LogP contribution in [-0.4, -0.2) is 61.0 Å². The van der Waals surface area contributed by atoms with Crippen LogP contribution < -0.4 is 10.5 Å². The van der Waals surface area contributed by atoms with Crippen LogP contribution in [0.1, 0.15) is 11.7 Å². The van der Waals surface area contributed by atoms with Crippen LogP contribution in [0.2, 0.25) is 0 Å². The molecule has 3 heterocycles. The monoisotopic (exact) mass is 473 g/mol. The van der Waals surface area contributed by atoms with E-state index >= 15 is 0 Å². The van der Waals surface area contributed by atoms with E-state index in [1.807, 2.05) is 4.90 Å². The Labute approximate surface area is 191 Å². The molecule has 0 unspecified atom stereocenters. The normalized spacial score (nSPS) is 16.9. The van der Waals surface area contributed by atoms with Crippen molar-refractivity contribution in [3.8, 4) is 11.3 Å². The summed E-state index contributed by atoms with van der Waals surface area (Å²) in [5.41, 5.74) is 0.923. The molecule has 1 aromatic carbocycles. The summed E-state index contributed by atoms with van der Waals surface area (Å²) < 4.78 is 47.3. The van der Waals surface area contributed by atoms with Gasteiger partial charge in [0.2, 0.25) is 16.0 Å². The number of hydrogen-bond acceptors (Lipinski definition) is 7. The fraction of sp³-hybridized carbons (Fsp3) is 0.318.